The van der Waals surface area contributed by atoms with Gasteiger partial charge in [-0.2, -0.15) is 14.9 Å². The van der Waals surface area contributed by atoms with Crippen LogP contribution in [0.25, 0.3) is 17.5 Å². The Morgan fingerprint density at radius 2 is 1.96 bits per heavy atom. The monoisotopic (exact) mass is 370 g/mol. The molecule has 25 heavy (non-hydrogen) atoms. The molecule has 126 valence electrons. The molecule has 3 rings (SSSR count). The fourth-order valence-electron chi connectivity index (χ4n) is 2.24. The van der Waals surface area contributed by atoms with E-state index in [1.165, 1.54) is 0 Å². The van der Waals surface area contributed by atoms with Crippen molar-refractivity contribution in [1.29, 1.82) is 0 Å². The Balaban J connectivity index is 1.85. The number of benzene rings is 2. The summed E-state index contributed by atoms with van der Waals surface area (Å²) in [5.74, 6) is 1.41. The lowest BCUT2D eigenvalue weighted by molar-refractivity contribution is 0.414. The first-order valence-electron chi connectivity index (χ1n) is 7.46. The molecule has 0 aliphatic rings. The summed E-state index contributed by atoms with van der Waals surface area (Å²) in [5, 5.41) is 12.0. The topological polar surface area (TPSA) is 55.2 Å². The summed E-state index contributed by atoms with van der Waals surface area (Å²) in [7, 11) is 1.64. The molecule has 0 amide bonds. The summed E-state index contributed by atoms with van der Waals surface area (Å²) in [4.78, 5) is 0. The molecule has 0 spiro atoms. The number of nitrogens with zero attached hydrogens (tertiary/aromatic N) is 3. The Morgan fingerprint density at radius 1 is 1.20 bits per heavy atom. The Morgan fingerprint density at radius 3 is 2.72 bits per heavy atom. The van der Waals surface area contributed by atoms with Crippen molar-refractivity contribution in [2.45, 2.75) is 0 Å². The molecule has 1 heterocycles. The number of methoxy groups -OCH3 is 1. The van der Waals surface area contributed by atoms with E-state index in [1.807, 2.05) is 48.6 Å². The minimum Gasteiger partial charge on any atom is -0.496 e. The molecule has 0 aliphatic carbocycles. The van der Waals surface area contributed by atoms with Gasteiger partial charge in [-0.15, -0.1) is 0 Å². The second kappa shape index (κ2) is 7.92. The molecule has 7 heteroatoms. The average molecular weight is 371 g/mol. The maximum absolute atomic E-state index is 5.92. The number of ether oxygens (including phenoxy) is 1. The predicted octanol–water partition coefficient (Wildman–Crippen LogP) is 4.82. The van der Waals surface area contributed by atoms with Crippen molar-refractivity contribution in [2.75, 3.05) is 7.11 Å². The zero-order valence-corrected chi connectivity index (χ0v) is 15.0. The van der Waals surface area contributed by atoms with Gasteiger partial charge < -0.3 is 4.74 Å². The van der Waals surface area contributed by atoms with Crippen molar-refractivity contribution in [2.24, 2.45) is 5.10 Å². The lowest BCUT2D eigenvalue weighted by atomic mass is 10.2. The smallest absolute Gasteiger partial charge is 0.216 e. The standard InChI is InChI=1S/C18H15ClN4OS/c1-24-16-7-3-2-5-13(16)6-4-12-20-23-17(21-22-18(23)25)14-8-10-15(19)11-9-14/h2-12H,1H3,(H,22,25)/b6-4-,20-12+. The van der Waals surface area contributed by atoms with E-state index < -0.39 is 0 Å². The molecule has 3 aromatic rings. The quantitative estimate of drug-likeness (QED) is 0.517. The van der Waals surface area contributed by atoms with Crippen LogP contribution in [-0.2, 0) is 0 Å². The van der Waals surface area contributed by atoms with Crippen molar-refractivity contribution in [3.8, 4) is 17.1 Å². The molecule has 1 N–H and O–H groups in total. The van der Waals surface area contributed by atoms with Crippen LogP contribution in [0, 0.1) is 4.77 Å². The van der Waals surface area contributed by atoms with E-state index in [9.17, 15) is 0 Å². The lowest BCUT2D eigenvalue weighted by Gasteiger charge is -2.02. The number of H-pyrrole nitrogens is 1. The number of hydrogen-bond acceptors (Lipinski definition) is 4. The third kappa shape index (κ3) is 4.04. The number of halogens is 1. The van der Waals surface area contributed by atoms with Gasteiger partial charge in [0.15, 0.2) is 5.82 Å². The van der Waals surface area contributed by atoms with E-state index in [4.69, 9.17) is 28.6 Å². The second-order valence-corrected chi connectivity index (χ2v) is 5.86. The first-order valence-corrected chi connectivity index (χ1v) is 8.25. The minimum atomic E-state index is 0.409. The van der Waals surface area contributed by atoms with Crippen molar-refractivity contribution >= 4 is 36.1 Å². The highest BCUT2D eigenvalue weighted by molar-refractivity contribution is 7.71. The van der Waals surface area contributed by atoms with Crippen LogP contribution in [0.15, 0.2) is 59.7 Å². The summed E-state index contributed by atoms with van der Waals surface area (Å²) in [6.07, 6.45) is 5.38. The number of allylic oxidation sites excluding steroid dienone is 1. The number of nitrogens with one attached hydrogen (secondary N) is 1. The second-order valence-electron chi connectivity index (χ2n) is 5.04. The molecule has 0 saturated heterocycles. The van der Waals surface area contributed by atoms with Crippen molar-refractivity contribution < 1.29 is 4.74 Å². The van der Waals surface area contributed by atoms with Gasteiger partial charge in [-0.05, 0) is 54.7 Å². The zero-order chi connectivity index (χ0) is 17.6. The van der Waals surface area contributed by atoms with Gasteiger partial charge in [0, 0.05) is 22.4 Å². The van der Waals surface area contributed by atoms with Crippen LogP contribution < -0.4 is 4.74 Å². The van der Waals surface area contributed by atoms with E-state index in [0.717, 1.165) is 16.9 Å². The summed E-state index contributed by atoms with van der Waals surface area (Å²) in [5.41, 5.74) is 1.83. The molecule has 0 atom stereocenters. The molecule has 0 unspecified atom stereocenters. The van der Waals surface area contributed by atoms with Gasteiger partial charge in [-0.25, -0.2) is 5.10 Å². The highest BCUT2D eigenvalue weighted by atomic mass is 35.5. The molecular weight excluding hydrogens is 356 g/mol. The SMILES string of the molecule is COc1ccccc1/C=C\C=N\n1c(-c2ccc(Cl)cc2)n[nH]c1=S. The van der Waals surface area contributed by atoms with Gasteiger partial charge in [-0.3, -0.25) is 0 Å². The van der Waals surface area contributed by atoms with Gasteiger partial charge in [0.2, 0.25) is 4.77 Å². The van der Waals surface area contributed by atoms with Gasteiger partial charge in [0.25, 0.3) is 0 Å². The molecule has 0 aliphatic heterocycles. The molecule has 5 nitrogen and oxygen atoms in total. The maximum atomic E-state index is 5.92. The van der Waals surface area contributed by atoms with Crippen molar-refractivity contribution in [3.63, 3.8) is 0 Å². The van der Waals surface area contributed by atoms with Gasteiger partial charge in [-0.1, -0.05) is 29.8 Å². The van der Waals surface area contributed by atoms with E-state index in [-0.39, 0.29) is 0 Å². The predicted molar refractivity (Wildman–Crippen MR) is 104 cm³/mol. The fourth-order valence-corrected chi connectivity index (χ4v) is 2.55. The lowest BCUT2D eigenvalue weighted by Crippen LogP contribution is -1.93. The van der Waals surface area contributed by atoms with E-state index >= 15 is 0 Å². The summed E-state index contributed by atoms with van der Waals surface area (Å²) in [6, 6.07) is 15.1. The molecule has 0 bridgehead atoms. The average Bonchev–Trinajstić information content (AvgIpc) is 3.00. The largest absolute Gasteiger partial charge is 0.496 e. The number of rotatable bonds is 5. The minimum absolute atomic E-state index is 0.409. The molecule has 0 fully saturated rings. The van der Waals surface area contributed by atoms with Crippen LogP contribution >= 0.6 is 23.8 Å². The van der Waals surface area contributed by atoms with E-state index in [1.54, 1.807) is 30.1 Å². The van der Waals surface area contributed by atoms with Crippen LogP contribution in [0.3, 0.4) is 0 Å². The van der Waals surface area contributed by atoms with Crippen LogP contribution in [0.2, 0.25) is 5.02 Å². The number of para-hydroxylation sites is 1. The summed E-state index contributed by atoms with van der Waals surface area (Å²) < 4.78 is 7.28. The highest BCUT2D eigenvalue weighted by Crippen LogP contribution is 2.20. The van der Waals surface area contributed by atoms with Gasteiger partial charge >= 0.3 is 0 Å². The molecule has 0 radical (unpaired) electrons. The first-order chi connectivity index (χ1) is 12.2. The van der Waals surface area contributed by atoms with Crippen molar-refractivity contribution in [3.05, 3.63) is 70.0 Å². The van der Waals surface area contributed by atoms with E-state index in [0.29, 0.717) is 15.6 Å². The first kappa shape index (κ1) is 17.1. The molecule has 1 aromatic heterocycles. The van der Waals surface area contributed by atoms with Crippen LogP contribution in [0.4, 0.5) is 0 Å². The van der Waals surface area contributed by atoms with E-state index in [2.05, 4.69) is 15.3 Å². The van der Waals surface area contributed by atoms with Crippen LogP contribution in [-0.4, -0.2) is 28.2 Å². The Labute approximate surface area is 155 Å². The normalized spacial score (nSPS) is 11.4. The van der Waals surface area contributed by atoms with Gasteiger partial charge in [0.1, 0.15) is 5.75 Å². The number of hydrogen-bond donors (Lipinski definition) is 1. The van der Waals surface area contributed by atoms with Crippen LogP contribution in [0.5, 0.6) is 5.75 Å². The fraction of sp³-hybridized carbons (Fsp3) is 0.0556. The Kier molecular flexibility index (Phi) is 5.42. The summed E-state index contributed by atoms with van der Waals surface area (Å²) >= 11 is 11.2. The van der Waals surface area contributed by atoms with Crippen molar-refractivity contribution in [1.82, 2.24) is 14.9 Å². The molecule has 0 saturated carbocycles. The number of aromatic amines is 1. The molecular formula is C18H15ClN4OS. The third-order valence-corrected chi connectivity index (χ3v) is 3.95. The number of aromatic nitrogens is 3. The third-order valence-electron chi connectivity index (χ3n) is 3.44. The molecule has 2 aromatic carbocycles. The summed E-state index contributed by atoms with van der Waals surface area (Å²) in [6.45, 7) is 0. The zero-order valence-electron chi connectivity index (χ0n) is 13.4. The van der Waals surface area contributed by atoms with Crippen LogP contribution in [0.1, 0.15) is 5.56 Å². The Hall–Kier alpha value is -2.70. The maximum Gasteiger partial charge on any atom is 0.216 e. The highest BCUT2D eigenvalue weighted by Gasteiger charge is 2.07. The Bertz CT molecular complexity index is 973. The van der Waals surface area contributed by atoms with Gasteiger partial charge in [0.05, 0.1) is 7.11 Å².